The summed E-state index contributed by atoms with van der Waals surface area (Å²) in [6.45, 7) is 2.80. The van der Waals surface area contributed by atoms with Gasteiger partial charge >= 0.3 is 0 Å². The zero-order valence-electron chi connectivity index (χ0n) is 11.1. The Morgan fingerprint density at radius 3 is 3.05 bits per heavy atom. The number of imidazole rings is 1. The van der Waals surface area contributed by atoms with Gasteiger partial charge in [0.15, 0.2) is 0 Å². The summed E-state index contributed by atoms with van der Waals surface area (Å²) in [7, 11) is 0. The van der Waals surface area contributed by atoms with Gasteiger partial charge in [-0.25, -0.2) is 4.98 Å². The van der Waals surface area contributed by atoms with Crippen LogP contribution in [0.5, 0.6) is 0 Å². The molecule has 1 atom stereocenters. The first-order valence-corrected chi connectivity index (χ1v) is 6.46. The molecule has 0 aliphatic rings. The van der Waals surface area contributed by atoms with Gasteiger partial charge in [-0.05, 0) is 24.1 Å². The first-order chi connectivity index (χ1) is 9.21. The molecule has 0 bridgehead atoms. The number of hydrogen-bond donors (Lipinski definition) is 1. The van der Waals surface area contributed by atoms with Crippen molar-refractivity contribution in [3.05, 3.63) is 53.6 Å². The van der Waals surface area contributed by atoms with Crippen molar-refractivity contribution in [1.29, 1.82) is 5.26 Å². The molecule has 0 saturated carbocycles. The monoisotopic (exact) mass is 254 g/mol. The van der Waals surface area contributed by atoms with E-state index in [-0.39, 0.29) is 6.04 Å². The van der Waals surface area contributed by atoms with Crippen LogP contribution in [0.4, 0.5) is 0 Å². The third-order valence-electron chi connectivity index (χ3n) is 3.10. The second kappa shape index (κ2) is 6.17. The molecule has 0 saturated heterocycles. The van der Waals surface area contributed by atoms with Crippen molar-refractivity contribution >= 4 is 0 Å². The summed E-state index contributed by atoms with van der Waals surface area (Å²) in [6.07, 6.45) is 5.60. The smallest absolute Gasteiger partial charge is 0.0991 e. The van der Waals surface area contributed by atoms with E-state index >= 15 is 0 Å². The van der Waals surface area contributed by atoms with Crippen molar-refractivity contribution in [2.45, 2.75) is 32.4 Å². The second-order valence-corrected chi connectivity index (χ2v) is 4.72. The summed E-state index contributed by atoms with van der Waals surface area (Å²) in [5, 5.41) is 8.88. The van der Waals surface area contributed by atoms with Crippen LogP contribution in [0, 0.1) is 11.3 Å². The number of rotatable bonds is 5. The Morgan fingerprint density at radius 2 is 2.32 bits per heavy atom. The van der Waals surface area contributed by atoms with Crippen LogP contribution in [0.1, 0.15) is 30.2 Å². The van der Waals surface area contributed by atoms with Crippen LogP contribution in [-0.4, -0.2) is 15.6 Å². The van der Waals surface area contributed by atoms with Crippen molar-refractivity contribution < 1.29 is 0 Å². The predicted molar refractivity (Wildman–Crippen MR) is 74.5 cm³/mol. The van der Waals surface area contributed by atoms with Crippen LogP contribution in [0.15, 0.2) is 36.8 Å². The van der Waals surface area contributed by atoms with Crippen LogP contribution in [0.25, 0.3) is 0 Å². The lowest BCUT2D eigenvalue weighted by atomic mass is 10.1. The molecule has 0 aliphatic carbocycles. The lowest BCUT2D eigenvalue weighted by molar-refractivity contribution is 0.638. The average Bonchev–Trinajstić information content (AvgIpc) is 2.86. The van der Waals surface area contributed by atoms with E-state index in [9.17, 15) is 0 Å². The van der Waals surface area contributed by atoms with E-state index in [0.717, 1.165) is 30.6 Å². The van der Waals surface area contributed by atoms with Crippen molar-refractivity contribution in [2.24, 2.45) is 5.73 Å². The molecule has 1 heterocycles. The van der Waals surface area contributed by atoms with Crippen molar-refractivity contribution in [1.82, 2.24) is 9.55 Å². The second-order valence-electron chi connectivity index (χ2n) is 4.72. The van der Waals surface area contributed by atoms with Crippen LogP contribution < -0.4 is 5.73 Å². The number of nitriles is 1. The number of aromatic nitrogens is 2. The Labute approximate surface area is 113 Å². The molecule has 4 heteroatoms. The number of nitrogens with zero attached hydrogens (tertiary/aromatic N) is 3. The molecule has 4 nitrogen and oxygen atoms in total. The van der Waals surface area contributed by atoms with E-state index in [1.54, 1.807) is 0 Å². The Hall–Kier alpha value is -2.12. The normalized spacial score (nSPS) is 12.1. The van der Waals surface area contributed by atoms with Crippen molar-refractivity contribution in [3.8, 4) is 6.07 Å². The van der Waals surface area contributed by atoms with Gasteiger partial charge in [-0.3, -0.25) is 0 Å². The Morgan fingerprint density at radius 1 is 1.47 bits per heavy atom. The molecule has 1 aromatic heterocycles. The van der Waals surface area contributed by atoms with Gasteiger partial charge in [0.25, 0.3) is 0 Å². The molecule has 2 aromatic rings. The SMILES string of the molecule is CCC(N)Cc1cn(Cc2cccc(C#N)c2)cn1. The van der Waals surface area contributed by atoms with Gasteiger partial charge in [-0.2, -0.15) is 5.26 Å². The van der Waals surface area contributed by atoms with E-state index in [1.807, 2.05) is 41.4 Å². The summed E-state index contributed by atoms with van der Waals surface area (Å²) in [5.74, 6) is 0. The van der Waals surface area contributed by atoms with E-state index < -0.39 is 0 Å². The molecule has 1 aromatic carbocycles. The molecule has 2 rings (SSSR count). The van der Waals surface area contributed by atoms with Gasteiger partial charge in [0.05, 0.1) is 23.7 Å². The maximum Gasteiger partial charge on any atom is 0.0991 e. The highest BCUT2D eigenvalue weighted by Crippen LogP contribution is 2.08. The predicted octanol–water partition coefficient (Wildman–Crippen LogP) is 2.08. The fourth-order valence-electron chi connectivity index (χ4n) is 1.96. The Balaban J connectivity index is 2.05. The van der Waals surface area contributed by atoms with Gasteiger partial charge in [-0.1, -0.05) is 19.1 Å². The third-order valence-corrected chi connectivity index (χ3v) is 3.10. The van der Waals surface area contributed by atoms with Gasteiger partial charge in [0.2, 0.25) is 0 Å². The van der Waals surface area contributed by atoms with E-state index in [0.29, 0.717) is 5.56 Å². The standard InChI is InChI=1S/C15H18N4/c1-2-14(17)7-15-10-19(11-18-15)9-13-5-3-4-12(6-13)8-16/h3-6,10-11,14H,2,7,9,17H2,1H3. The highest BCUT2D eigenvalue weighted by atomic mass is 15.0. The van der Waals surface area contributed by atoms with Crippen LogP contribution >= 0.6 is 0 Å². The molecular weight excluding hydrogens is 236 g/mol. The lowest BCUT2D eigenvalue weighted by Gasteiger charge is -2.05. The number of benzene rings is 1. The molecule has 0 radical (unpaired) electrons. The molecule has 0 spiro atoms. The topological polar surface area (TPSA) is 67.6 Å². The zero-order chi connectivity index (χ0) is 13.7. The molecular formula is C15H18N4. The molecule has 19 heavy (non-hydrogen) atoms. The summed E-state index contributed by atoms with van der Waals surface area (Å²) in [5.41, 5.74) is 8.72. The van der Waals surface area contributed by atoms with Crippen LogP contribution in [-0.2, 0) is 13.0 Å². The molecule has 0 amide bonds. The van der Waals surface area contributed by atoms with Crippen molar-refractivity contribution in [2.75, 3.05) is 0 Å². The van der Waals surface area contributed by atoms with Crippen molar-refractivity contribution in [3.63, 3.8) is 0 Å². The third kappa shape index (κ3) is 3.67. The first kappa shape index (κ1) is 13.3. The summed E-state index contributed by atoms with van der Waals surface area (Å²) in [6, 6.07) is 9.94. The minimum Gasteiger partial charge on any atom is -0.333 e. The maximum atomic E-state index is 8.88. The lowest BCUT2D eigenvalue weighted by Crippen LogP contribution is -2.21. The summed E-state index contributed by atoms with van der Waals surface area (Å²) in [4.78, 5) is 4.36. The Bertz CT molecular complexity index is 580. The number of hydrogen-bond acceptors (Lipinski definition) is 3. The van der Waals surface area contributed by atoms with E-state index in [4.69, 9.17) is 11.0 Å². The minimum atomic E-state index is 0.172. The van der Waals surface area contributed by atoms with Gasteiger partial charge < -0.3 is 10.3 Å². The highest BCUT2D eigenvalue weighted by molar-refractivity contribution is 5.32. The molecule has 0 aliphatic heterocycles. The Kier molecular flexibility index (Phi) is 4.32. The zero-order valence-corrected chi connectivity index (χ0v) is 11.1. The average molecular weight is 254 g/mol. The highest BCUT2D eigenvalue weighted by Gasteiger charge is 2.05. The van der Waals surface area contributed by atoms with Gasteiger partial charge in [-0.15, -0.1) is 0 Å². The fraction of sp³-hybridized carbons (Fsp3) is 0.333. The van der Waals surface area contributed by atoms with Gasteiger partial charge in [0.1, 0.15) is 0 Å². The quantitative estimate of drug-likeness (QED) is 0.888. The van der Waals surface area contributed by atoms with Crippen LogP contribution in [0.3, 0.4) is 0 Å². The minimum absolute atomic E-state index is 0.172. The summed E-state index contributed by atoms with van der Waals surface area (Å²) >= 11 is 0. The molecule has 0 fully saturated rings. The fourth-order valence-corrected chi connectivity index (χ4v) is 1.96. The number of nitrogens with two attached hydrogens (primary N) is 1. The van der Waals surface area contributed by atoms with E-state index in [1.165, 1.54) is 0 Å². The van der Waals surface area contributed by atoms with Gasteiger partial charge in [0, 0.05) is 25.2 Å². The first-order valence-electron chi connectivity index (χ1n) is 6.46. The molecule has 2 N–H and O–H groups in total. The summed E-state index contributed by atoms with van der Waals surface area (Å²) < 4.78 is 2.02. The van der Waals surface area contributed by atoms with E-state index in [2.05, 4.69) is 18.0 Å². The largest absolute Gasteiger partial charge is 0.333 e. The molecule has 98 valence electrons. The maximum absolute atomic E-state index is 8.88. The van der Waals surface area contributed by atoms with Crippen LogP contribution in [0.2, 0.25) is 0 Å². The molecule has 1 unspecified atom stereocenters.